The molecule has 0 radical (unpaired) electrons. The lowest BCUT2D eigenvalue weighted by atomic mass is 9.46. The molecule has 28 heavy (non-hydrogen) atoms. The van der Waals surface area contributed by atoms with Gasteiger partial charge in [0.15, 0.2) is 5.60 Å². The van der Waals surface area contributed by atoms with Gasteiger partial charge in [0.05, 0.1) is 6.07 Å². The van der Waals surface area contributed by atoms with E-state index in [-0.39, 0.29) is 35.4 Å². The van der Waals surface area contributed by atoms with Crippen molar-refractivity contribution in [1.82, 2.24) is 0 Å². The van der Waals surface area contributed by atoms with Gasteiger partial charge in [0.25, 0.3) is 0 Å². The van der Waals surface area contributed by atoms with E-state index in [0.29, 0.717) is 24.8 Å². The van der Waals surface area contributed by atoms with Crippen LogP contribution in [0.4, 0.5) is 13.2 Å². The first-order chi connectivity index (χ1) is 13.0. The molecule has 6 heteroatoms. The van der Waals surface area contributed by atoms with Gasteiger partial charge >= 0.3 is 6.18 Å². The summed E-state index contributed by atoms with van der Waals surface area (Å²) in [5, 5.41) is 19.3. The van der Waals surface area contributed by atoms with E-state index in [9.17, 15) is 23.1 Å². The lowest BCUT2D eigenvalue weighted by Crippen LogP contribution is -2.56. The Balaban J connectivity index is 1.73. The summed E-state index contributed by atoms with van der Waals surface area (Å²) >= 11 is 0. The van der Waals surface area contributed by atoms with Crippen molar-refractivity contribution < 1.29 is 23.1 Å². The van der Waals surface area contributed by atoms with Crippen LogP contribution in [-0.2, 0) is 4.79 Å². The van der Waals surface area contributed by atoms with E-state index in [0.717, 1.165) is 24.5 Å². The van der Waals surface area contributed by atoms with Gasteiger partial charge in [-0.15, -0.1) is 0 Å². The summed E-state index contributed by atoms with van der Waals surface area (Å²) < 4.78 is 40.1. The average molecular weight is 393 g/mol. The van der Waals surface area contributed by atoms with E-state index in [2.05, 4.69) is 13.0 Å². The Labute approximate surface area is 163 Å². The molecule has 6 atom stereocenters. The van der Waals surface area contributed by atoms with Crippen LogP contribution in [0, 0.1) is 39.9 Å². The number of ketones is 1. The standard InChI is InChI=1S/C22H26F3NO2/c1-19-8-9-21(28,22(23,24)25)11-14(19)3-5-15-16-6-4-13(7-10-26)20(16,2)12-17(27)18(15)19/h7,11,15-16,18,28H,3-6,8-9,12H2,1-2H3/b13-7-/t15?,16-,18+,19?,20?,21+/m0/s1. The Bertz CT molecular complexity index is 823. The van der Waals surface area contributed by atoms with E-state index < -0.39 is 23.6 Å². The maximum absolute atomic E-state index is 13.4. The molecular weight excluding hydrogens is 367 g/mol. The van der Waals surface area contributed by atoms with Crippen LogP contribution >= 0.6 is 0 Å². The van der Waals surface area contributed by atoms with Gasteiger partial charge in [-0.2, -0.15) is 18.4 Å². The first kappa shape index (κ1) is 19.7. The molecule has 0 aromatic carbocycles. The highest BCUT2D eigenvalue weighted by Gasteiger charge is 2.63. The van der Waals surface area contributed by atoms with Gasteiger partial charge in [0.1, 0.15) is 5.78 Å². The fourth-order valence-corrected chi connectivity index (χ4v) is 6.93. The number of nitrogens with zero attached hydrogens (tertiary/aromatic N) is 1. The molecule has 3 nitrogen and oxygen atoms in total. The highest BCUT2D eigenvalue weighted by atomic mass is 19.4. The van der Waals surface area contributed by atoms with Gasteiger partial charge in [-0.3, -0.25) is 4.79 Å². The van der Waals surface area contributed by atoms with Crippen LogP contribution in [0.5, 0.6) is 0 Å². The number of nitriles is 1. The van der Waals surface area contributed by atoms with Gasteiger partial charge in [-0.25, -0.2) is 0 Å². The molecule has 0 saturated heterocycles. The van der Waals surface area contributed by atoms with Crippen molar-refractivity contribution in [2.45, 2.75) is 70.6 Å². The average Bonchev–Trinajstić information content (AvgIpc) is 2.91. The Morgan fingerprint density at radius 2 is 1.93 bits per heavy atom. The minimum absolute atomic E-state index is 0.111. The van der Waals surface area contributed by atoms with Crippen molar-refractivity contribution in [2.75, 3.05) is 0 Å². The SMILES string of the molecule is CC12CC[C@](O)(C(F)(F)F)C=C1CCC1[C@@H]2C(=O)CC2(C)/C(=C\C#N)CC[C@@H]12. The number of hydrogen-bond acceptors (Lipinski definition) is 3. The van der Waals surface area contributed by atoms with Gasteiger partial charge in [0, 0.05) is 18.4 Å². The molecule has 4 aliphatic carbocycles. The summed E-state index contributed by atoms with van der Waals surface area (Å²) in [5.74, 6) is 0.247. The van der Waals surface area contributed by atoms with Crippen molar-refractivity contribution >= 4 is 5.78 Å². The molecule has 0 aliphatic heterocycles. The Kier molecular flexibility index (Phi) is 4.18. The van der Waals surface area contributed by atoms with E-state index in [1.54, 1.807) is 6.08 Å². The predicted molar refractivity (Wildman–Crippen MR) is 96.8 cm³/mol. The minimum atomic E-state index is -4.70. The molecule has 3 unspecified atom stereocenters. The van der Waals surface area contributed by atoms with Crippen LogP contribution in [-0.4, -0.2) is 22.7 Å². The molecule has 0 spiro atoms. The van der Waals surface area contributed by atoms with E-state index in [1.165, 1.54) is 0 Å². The number of aliphatic hydroxyl groups is 1. The molecule has 0 heterocycles. The van der Waals surface area contributed by atoms with Crippen molar-refractivity contribution in [3.63, 3.8) is 0 Å². The van der Waals surface area contributed by atoms with Crippen LogP contribution in [0.2, 0.25) is 0 Å². The summed E-state index contributed by atoms with van der Waals surface area (Å²) in [5.41, 5.74) is -2.04. The molecule has 3 saturated carbocycles. The van der Waals surface area contributed by atoms with E-state index in [1.807, 2.05) is 6.92 Å². The molecule has 3 fully saturated rings. The first-order valence-corrected chi connectivity index (χ1v) is 10.1. The van der Waals surface area contributed by atoms with E-state index in [4.69, 9.17) is 5.26 Å². The summed E-state index contributed by atoms with van der Waals surface area (Å²) in [7, 11) is 0. The van der Waals surface area contributed by atoms with Crippen molar-refractivity contribution in [3.8, 4) is 6.07 Å². The molecule has 1 N–H and O–H groups in total. The summed E-state index contributed by atoms with van der Waals surface area (Å²) in [6.45, 7) is 4.01. The number of fused-ring (bicyclic) bond motifs is 5. The smallest absolute Gasteiger partial charge is 0.377 e. The lowest BCUT2D eigenvalue weighted by Gasteiger charge is -2.57. The zero-order chi connectivity index (χ0) is 20.5. The largest absolute Gasteiger partial charge is 0.420 e. The van der Waals surface area contributed by atoms with Crippen LogP contribution in [0.3, 0.4) is 0 Å². The molecule has 0 bridgehead atoms. The van der Waals surface area contributed by atoms with Gasteiger partial charge in [0.2, 0.25) is 0 Å². The first-order valence-electron chi connectivity index (χ1n) is 10.1. The third-order valence-corrected chi connectivity index (χ3v) is 8.45. The topological polar surface area (TPSA) is 61.1 Å². The zero-order valence-corrected chi connectivity index (χ0v) is 16.3. The minimum Gasteiger partial charge on any atom is -0.377 e. The van der Waals surface area contributed by atoms with Crippen molar-refractivity contribution in [3.05, 3.63) is 23.3 Å². The molecular formula is C22H26F3NO2. The van der Waals surface area contributed by atoms with Gasteiger partial charge in [-0.05, 0) is 67.3 Å². The molecule has 0 aromatic rings. The van der Waals surface area contributed by atoms with Crippen LogP contribution in [0.15, 0.2) is 23.3 Å². The number of rotatable bonds is 0. The van der Waals surface area contributed by atoms with Crippen LogP contribution in [0.25, 0.3) is 0 Å². The molecule has 152 valence electrons. The number of hydrogen-bond donors (Lipinski definition) is 1. The molecule has 4 aliphatic rings. The molecule has 0 amide bonds. The lowest BCUT2D eigenvalue weighted by molar-refractivity contribution is -0.247. The predicted octanol–water partition coefficient (Wildman–Crippen LogP) is 4.87. The monoisotopic (exact) mass is 393 g/mol. The highest BCUT2D eigenvalue weighted by molar-refractivity contribution is 5.85. The van der Waals surface area contributed by atoms with E-state index >= 15 is 0 Å². The normalized spacial score (nSPS) is 47.0. The number of carbonyl (C=O) groups excluding carboxylic acids is 1. The van der Waals surface area contributed by atoms with Crippen LogP contribution in [0.1, 0.15) is 58.8 Å². The Morgan fingerprint density at radius 1 is 1.21 bits per heavy atom. The van der Waals surface area contributed by atoms with Crippen LogP contribution < -0.4 is 0 Å². The van der Waals surface area contributed by atoms with Gasteiger partial charge < -0.3 is 5.11 Å². The molecule has 0 aromatic heterocycles. The number of halogens is 3. The Morgan fingerprint density at radius 3 is 2.57 bits per heavy atom. The quantitative estimate of drug-likeness (QED) is 0.472. The maximum atomic E-state index is 13.4. The summed E-state index contributed by atoms with van der Waals surface area (Å²) in [4.78, 5) is 13.3. The summed E-state index contributed by atoms with van der Waals surface area (Å²) in [6.07, 6.45) is 0.962. The zero-order valence-electron chi connectivity index (χ0n) is 16.3. The third kappa shape index (κ3) is 2.48. The third-order valence-electron chi connectivity index (χ3n) is 8.45. The second-order valence-electron chi connectivity index (χ2n) is 9.69. The van der Waals surface area contributed by atoms with Crippen molar-refractivity contribution in [2.24, 2.45) is 28.6 Å². The van der Waals surface area contributed by atoms with Crippen molar-refractivity contribution in [1.29, 1.82) is 5.26 Å². The fraction of sp³-hybridized carbons (Fsp3) is 0.727. The highest BCUT2D eigenvalue weighted by Crippen LogP contribution is 2.66. The summed E-state index contributed by atoms with van der Waals surface area (Å²) in [6, 6.07) is 2.11. The fourth-order valence-electron chi connectivity index (χ4n) is 6.93. The number of allylic oxidation sites excluding steroid dienone is 3. The Hall–Kier alpha value is -1.61. The number of Topliss-reactive ketones (excluding diaryl/α,β-unsaturated/α-hetero) is 1. The number of carbonyl (C=O) groups is 1. The second-order valence-corrected chi connectivity index (χ2v) is 9.69. The number of alkyl halides is 3. The molecule has 4 rings (SSSR count). The van der Waals surface area contributed by atoms with Gasteiger partial charge in [-0.1, -0.05) is 25.0 Å². The second kappa shape index (κ2) is 5.95. The maximum Gasteiger partial charge on any atom is 0.420 e.